The maximum Gasteiger partial charge on any atom is 0.243 e. The summed E-state index contributed by atoms with van der Waals surface area (Å²) >= 11 is 0. The fraction of sp³-hybridized carbons (Fsp3) is 0.381. The van der Waals surface area contributed by atoms with Crippen molar-refractivity contribution in [2.45, 2.75) is 46.3 Å². The molecule has 0 aliphatic heterocycles. The highest BCUT2D eigenvalue weighted by Gasteiger charge is 2.09. The lowest BCUT2D eigenvalue weighted by atomic mass is 10.2. The van der Waals surface area contributed by atoms with Gasteiger partial charge in [-0.3, -0.25) is 4.79 Å². The van der Waals surface area contributed by atoms with Gasteiger partial charge < -0.3 is 20.1 Å². The molecule has 0 aliphatic rings. The number of carbonyl (C=O) groups excluding carboxylic acids is 1. The monoisotopic (exact) mass is 356 g/mol. The van der Waals surface area contributed by atoms with E-state index in [2.05, 4.69) is 17.6 Å². The molecule has 1 atom stereocenters. The Morgan fingerprint density at radius 1 is 1.00 bits per heavy atom. The Balaban J connectivity index is 1.87. The fourth-order valence-corrected chi connectivity index (χ4v) is 2.27. The third-order valence-corrected chi connectivity index (χ3v) is 3.74. The number of carbonyl (C=O) groups is 1. The highest BCUT2D eigenvalue weighted by molar-refractivity contribution is 5.95. The number of nitrogens with one attached hydrogen (secondary N) is 2. The van der Waals surface area contributed by atoms with Gasteiger partial charge >= 0.3 is 0 Å². The molecule has 0 bridgehead atoms. The molecule has 26 heavy (non-hydrogen) atoms. The molecule has 0 saturated carbocycles. The minimum absolute atomic E-state index is 0.0438. The molecule has 0 spiro atoms. The second-order valence-corrected chi connectivity index (χ2v) is 6.43. The largest absolute Gasteiger partial charge is 0.491 e. The topological polar surface area (TPSA) is 59.6 Å². The molecule has 0 aromatic heterocycles. The summed E-state index contributed by atoms with van der Waals surface area (Å²) in [6.45, 7) is 8.20. The number of ether oxygens (including phenoxy) is 2. The maximum atomic E-state index is 12.2. The summed E-state index contributed by atoms with van der Waals surface area (Å²) in [5.74, 6) is 1.36. The SMILES string of the molecule is CCC(C)Oc1ccc(NCC(=O)Nc2ccccc2OC(C)C)cc1. The molecule has 0 fully saturated rings. The Hall–Kier alpha value is -2.69. The van der Waals surface area contributed by atoms with Gasteiger partial charge in [0.05, 0.1) is 24.4 Å². The number of rotatable bonds is 9. The number of para-hydroxylation sites is 2. The molecule has 0 aliphatic carbocycles. The molecule has 140 valence electrons. The summed E-state index contributed by atoms with van der Waals surface area (Å²) in [7, 11) is 0. The van der Waals surface area contributed by atoms with Gasteiger partial charge in [-0.15, -0.1) is 0 Å². The molecular weight excluding hydrogens is 328 g/mol. The van der Waals surface area contributed by atoms with Crippen molar-refractivity contribution in [2.75, 3.05) is 17.2 Å². The Labute approximate surface area is 155 Å². The van der Waals surface area contributed by atoms with Crippen LogP contribution in [0.5, 0.6) is 11.5 Å². The van der Waals surface area contributed by atoms with E-state index in [1.54, 1.807) is 0 Å². The molecule has 0 radical (unpaired) electrons. The van der Waals surface area contributed by atoms with Gasteiger partial charge in [-0.2, -0.15) is 0 Å². The van der Waals surface area contributed by atoms with Crippen LogP contribution in [-0.4, -0.2) is 24.7 Å². The van der Waals surface area contributed by atoms with Crippen LogP contribution >= 0.6 is 0 Å². The van der Waals surface area contributed by atoms with Gasteiger partial charge in [-0.25, -0.2) is 0 Å². The standard InChI is InChI=1S/C21H28N2O3/c1-5-16(4)26-18-12-10-17(11-13-18)22-14-21(24)23-19-8-6-7-9-20(19)25-15(2)3/h6-13,15-16,22H,5,14H2,1-4H3,(H,23,24). The predicted molar refractivity (Wildman–Crippen MR) is 106 cm³/mol. The average Bonchev–Trinajstić information content (AvgIpc) is 2.62. The minimum atomic E-state index is -0.135. The highest BCUT2D eigenvalue weighted by atomic mass is 16.5. The molecule has 2 rings (SSSR count). The number of anilines is 2. The number of hydrogen-bond donors (Lipinski definition) is 2. The average molecular weight is 356 g/mol. The Morgan fingerprint density at radius 2 is 1.69 bits per heavy atom. The number of benzene rings is 2. The van der Waals surface area contributed by atoms with Crippen LogP contribution in [0.2, 0.25) is 0 Å². The summed E-state index contributed by atoms with van der Waals surface area (Å²) in [6.07, 6.45) is 1.19. The van der Waals surface area contributed by atoms with Gasteiger partial charge in [0, 0.05) is 5.69 Å². The van der Waals surface area contributed by atoms with Gasteiger partial charge in [0.25, 0.3) is 0 Å². The maximum absolute atomic E-state index is 12.2. The van der Waals surface area contributed by atoms with Crippen molar-refractivity contribution in [3.63, 3.8) is 0 Å². The van der Waals surface area contributed by atoms with Crippen molar-refractivity contribution in [3.05, 3.63) is 48.5 Å². The van der Waals surface area contributed by atoms with Gasteiger partial charge in [0.15, 0.2) is 0 Å². The summed E-state index contributed by atoms with van der Waals surface area (Å²) in [6, 6.07) is 15.0. The van der Waals surface area contributed by atoms with Crippen molar-refractivity contribution in [1.29, 1.82) is 0 Å². The molecule has 0 heterocycles. The van der Waals surface area contributed by atoms with Gasteiger partial charge in [0.1, 0.15) is 11.5 Å². The lowest BCUT2D eigenvalue weighted by Crippen LogP contribution is -2.22. The fourth-order valence-electron chi connectivity index (χ4n) is 2.27. The lowest BCUT2D eigenvalue weighted by Gasteiger charge is -2.15. The first-order valence-corrected chi connectivity index (χ1v) is 9.04. The third-order valence-electron chi connectivity index (χ3n) is 3.74. The van der Waals surface area contributed by atoms with E-state index in [1.807, 2.05) is 69.3 Å². The third kappa shape index (κ3) is 6.31. The lowest BCUT2D eigenvalue weighted by molar-refractivity contribution is -0.114. The van der Waals surface area contributed by atoms with E-state index >= 15 is 0 Å². The van der Waals surface area contributed by atoms with Crippen LogP contribution in [0.3, 0.4) is 0 Å². The van der Waals surface area contributed by atoms with Crippen LogP contribution in [0.4, 0.5) is 11.4 Å². The number of hydrogen-bond acceptors (Lipinski definition) is 4. The Morgan fingerprint density at radius 3 is 2.35 bits per heavy atom. The molecule has 1 unspecified atom stereocenters. The quantitative estimate of drug-likeness (QED) is 0.684. The van der Waals surface area contributed by atoms with Gasteiger partial charge in [-0.1, -0.05) is 19.1 Å². The summed E-state index contributed by atoms with van der Waals surface area (Å²) in [4.78, 5) is 12.2. The van der Waals surface area contributed by atoms with E-state index in [0.29, 0.717) is 11.4 Å². The zero-order chi connectivity index (χ0) is 18.9. The van der Waals surface area contributed by atoms with Crippen LogP contribution < -0.4 is 20.1 Å². The Bertz CT molecular complexity index is 699. The molecule has 1 amide bonds. The Kier molecular flexibility index (Phi) is 7.33. The van der Waals surface area contributed by atoms with Crippen LogP contribution in [0.1, 0.15) is 34.1 Å². The van der Waals surface area contributed by atoms with Crippen molar-refractivity contribution >= 4 is 17.3 Å². The molecule has 5 nitrogen and oxygen atoms in total. The second-order valence-electron chi connectivity index (χ2n) is 6.43. The zero-order valence-corrected chi connectivity index (χ0v) is 15.9. The van der Waals surface area contributed by atoms with E-state index in [-0.39, 0.29) is 24.7 Å². The second kappa shape index (κ2) is 9.70. The molecule has 0 saturated heterocycles. The van der Waals surface area contributed by atoms with Crippen LogP contribution in [0.25, 0.3) is 0 Å². The van der Waals surface area contributed by atoms with Crippen molar-refractivity contribution in [3.8, 4) is 11.5 Å². The molecule has 5 heteroatoms. The van der Waals surface area contributed by atoms with E-state index < -0.39 is 0 Å². The normalized spacial score (nSPS) is 11.7. The molecule has 2 N–H and O–H groups in total. The zero-order valence-electron chi connectivity index (χ0n) is 15.9. The summed E-state index contributed by atoms with van der Waals surface area (Å²) in [5, 5.41) is 5.99. The minimum Gasteiger partial charge on any atom is -0.491 e. The molecule has 2 aromatic carbocycles. The summed E-state index contributed by atoms with van der Waals surface area (Å²) < 4.78 is 11.5. The van der Waals surface area contributed by atoms with Crippen LogP contribution in [0, 0.1) is 0 Å². The van der Waals surface area contributed by atoms with Crippen LogP contribution in [-0.2, 0) is 4.79 Å². The first kappa shape index (κ1) is 19.6. The molecular formula is C21H28N2O3. The predicted octanol–water partition coefficient (Wildman–Crippen LogP) is 4.70. The van der Waals surface area contributed by atoms with Crippen molar-refractivity contribution < 1.29 is 14.3 Å². The van der Waals surface area contributed by atoms with E-state index in [4.69, 9.17) is 9.47 Å². The summed E-state index contributed by atoms with van der Waals surface area (Å²) in [5.41, 5.74) is 1.54. The van der Waals surface area contributed by atoms with Crippen molar-refractivity contribution in [2.24, 2.45) is 0 Å². The van der Waals surface area contributed by atoms with Crippen molar-refractivity contribution in [1.82, 2.24) is 0 Å². The van der Waals surface area contributed by atoms with E-state index in [9.17, 15) is 4.79 Å². The van der Waals surface area contributed by atoms with Crippen LogP contribution in [0.15, 0.2) is 48.5 Å². The van der Waals surface area contributed by atoms with E-state index in [1.165, 1.54) is 0 Å². The number of amides is 1. The molecule has 2 aromatic rings. The highest BCUT2D eigenvalue weighted by Crippen LogP contribution is 2.24. The smallest absolute Gasteiger partial charge is 0.243 e. The first-order valence-electron chi connectivity index (χ1n) is 9.04. The van der Waals surface area contributed by atoms with E-state index in [0.717, 1.165) is 17.9 Å². The van der Waals surface area contributed by atoms with Gasteiger partial charge in [0.2, 0.25) is 5.91 Å². The first-order chi connectivity index (χ1) is 12.5. The van der Waals surface area contributed by atoms with Gasteiger partial charge in [-0.05, 0) is 63.6 Å².